The molecule has 1 aromatic carbocycles. The lowest BCUT2D eigenvalue weighted by atomic mass is 9.84. The molecular weight excluding hydrogens is 247 g/mol. The molecule has 0 atom stereocenters. The summed E-state index contributed by atoms with van der Waals surface area (Å²) in [5, 5.41) is 5.59. The lowest BCUT2D eigenvalue weighted by Gasteiger charge is -2.26. The average molecular weight is 268 g/mol. The van der Waals surface area contributed by atoms with E-state index in [1.807, 2.05) is 19.9 Å². The third-order valence-electron chi connectivity index (χ3n) is 3.00. The second kappa shape index (κ2) is 6.52. The largest absolute Gasteiger partial charge is 0.494 e. The summed E-state index contributed by atoms with van der Waals surface area (Å²) in [6.45, 7) is 4.62. The Hall–Kier alpha value is -1.62. The summed E-state index contributed by atoms with van der Waals surface area (Å²) in [6, 6.07) is 4.86. The monoisotopic (exact) mass is 268 g/mol. The molecule has 0 heterocycles. The summed E-state index contributed by atoms with van der Waals surface area (Å²) in [6.07, 6.45) is 0. The number of rotatable bonds is 6. The van der Waals surface area contributed by atoms with E-state index < -0.39 is 5.82 Å². The van der Waals surface area contributed by atoms with Crippen LogP contribution in [0, 0.1) is 5.82 Å². The van der Waals surface area contributed by atoms with Gasteiger partial charge in [-0.15, -0.1) is 0 Å². The summed E-state index contributed by atoms with van der Waals surface area (Å²) in [4.78, 5) is 11.4. The number of ether oxygens (including phenoxy) is 1. The van der Waals surface area contributed by atoms with Gasteiger partial charge in [0.2, 0.25) is 5.91 Å². The Balaban J connectivity index is 2.76. The number of carbonyl (C=O) groups is 1. The van der Waals surface area contributed by atoms with E-state index in [1.54, 1.807) is 13.1 Å². The van der Waals surface area contributed by atoms with E-state index >= 15 is 0 Å². The molecule has 1 amide bonds. The predicted molar refractivity (Wildman–Crippen MR) is 72.9 cm³/mol. The molecule has 0 aromatic heterocycles. The van der Waals surface area contributed by atoms with Crippen LogP contribution in [0.5, 0.6) is 5.75 Å². The standard InChI is InChI=1S/C14H21FN2O2/c1-14(2,9-17-13(18)8-16-3)10-5-6-12(19-4)11(15)7-10/h5-7,16H,8-9H2,1-4H3,(H,17,18). The molecule has 0 unspecified atom stereocenters. The molecule has 5 heteroatoms. The minimum atomic E-state index is -0.394. The molecular formula is C14H21FN2O2. The first-order valence-corrected chi connectivity index (χ1v) is 6.16. The van der Waals surface area contributed by atoms with Crippen LogP contribution in [0.4, 0.5) is 4.39 Å². The van der Waals surface area contributed by atoms with Crippen molar-refractivity contribution in [3.8, 4) is 5.75 Å². The van der Waals surface area contributed by atoms with Gasteiger partial charge in [0, 0.05) is 12.0 Å². The number of carbonyl (C=O) groups excluding carboxylic acids is 1. The summed E-state index contributed by atoms with van der Waals surface area (Å²) < 4.78 is 18.6. The van der Waals surface area contributed by atoms with E-state index in [-0.39, 0.29) is 23.6 Å². The Labute approximate surface area is 113 Å². The number of hydrogen-bond acceptors (Lipinski definition) is 3. The number of nitrogens with one attached hydrogen (secondary N) is 2. The molecule has 2 N–H and O–H groups in total. The molecule has 0 fully saturated rings. The van der Waals surface area contributed by atoms with Crippen LogP contribution in [0.25, 0.3) is 0 Å². The maximum atomic E-state index is 13.7. The summed E-state index contributed by atoms with van der Waals surface area (Å²) in [7, 11) is 3.14. The zero-order valence-corrected chi connectivity index (χ0v) is 11.8. The molecule has 0 aliphatic rings. The Morgan fingerprint density at radius 2 is 2.11 bits per heavy atom. The molecule has 0 radical (unpaired) electrons. The van der Waals surface area contributed by atoms with Gasteiger partial charge in [-0.25, -0.2) is 4.39 Å². The highest BCUT2D eigenvalue weighted by Crippen LogP contribution is 2.26. The maximum Gasteiger partial charge on any atom is 0.233 e. The van der Waals surface area contributed by atoms with Gasteiger partial charge in [-0.05, 0) is 24.7 Å². The quantitative estimate of drug-likeness (QED) is 0.821. The van der Waals surface area contributed by atoms with Crippen molar-refractivity contribution < 1.29 is 13.9 Å². The number of halogens is 1. The van der Waals surface area contributed by atoms with Crippen LogP contribution < -0.4 is 15.4 Å². The van der Waals surface area contributed by atoms with E-state index in [0.29, 0.717) is 6.54 Å². The highest BCUT2D eigenvalue weighted by Gasteiger charge is 2.22. The van der Waals surface area contributed by atoms with Gasteiger partial charge in [0.25, 0.3) is 0 Å². The Kier molecular flexibility index (Phi) is 5.30. The maximum absolute atomic E-state index is 13.7. The Morgan fingerprint density at radius 3 is 2.63 bits per heavy atom. The van der Waals surface area contributed by atoms with Gasteiger partial charge in [-0.3, -0.25) is 4.79 Å². The number of amides is 1. The molecule has 0 aliphatic heterocycles. The minimum absolute atomic E-state index is 0.0791. The number of methoxy groups -OCH3 is 1. The number of benzene rings is 1. The zero-order chi connectivity index (χ0) is 14.5. The SMILES string of the molecule is CNCC(=O)NCC(C)(C)c1ccc(OC)c(F)c1. The van der Waals surface area contributed by atoms with Gasteiger partial charge in [-0.1, -0.05) is 19.9 Å². The third kappa shape index (κ3) is 4.21. The first-order valence-electron chi connectivity index (χ1n) is 6.16. The number of likely N-dealkylation sites (N-methyl/N-ethyl adjacent to an activating group) is 1. The van der Waals surface area contributed by atoms with Crippen molar-refractivity contribution in [2.45, 2.75) is 19.3 Å². The smallest absolute Gasteiger partial charge is 0.233 e. The lowest BCUT2D eigenvalue weighted by Crippen LogP contribution is -2.40. The van der Waals surface area contributed by atoms with Crippen LogP contribution in [-0.4, -0.2) is 33.2 Å². The van der Waals surface area contributed by atoms with Crippen molar-refractivity contribution >= 4 is 5.91 Å². The first-order chi connectivity index (χ1) is 8.90. The molecule has 0 saturated heterocycles. The van der Waals surface area contributed by atoms with Crippen molar-refractivity contribution in [3.63, 3.8) is 0 Å². The van der Waals surface area contributed by atoms with Crippen LogP contribution in [0.3, 0.4) is 0 Å². The van der Waals surface area contributed by atoms with E-state index in [2.05, 4.69) is 10.6 Å². The third-order valence-corrected chi connectivity index (χ3v) is 3.00. The van der Waals surface area contributed by atoms with Crippen molar-refractivity contribution in [2.75, 3.05) is 27.2 Å². The molecule has 1 rings (SSSR count). The van der Waals surface area contributed by atoms with Gasteiger partial charge in [-0.2, -0.15) is 0 Å². The van der Waals surface area contributed by atoms with E-state index in [4.69, 9.17) is 4.74 Å². The summed E-state index contributed by atoms with van der Waals surface area (Å²) in [5.74, 6) is -0.252. The highest BCUT2D eigenvalue weighted by molar-refractivity contribution is 5.78. The number of hydrogen-bond donors (Lipinski definition) is 2. The molecule has 19 heavy (non-hydrogen) atoms. The van der Waals surface area contributed by atoms with E-state index in [0.717, 1.165) is 5.56 Å². The molecule has 106 valence electrons. The van der Waals surface area contributed by atoms with Crippen LogP contribution in [0.15, 0.2) is 18.2 Å². The van der Waals surface area contributed by atoms with Gasteiger partial charge in [0.1, 0.15) is 0 Å². The second-order valence-corrected chi connectivity index (χ2v) is 5.04. The Bertz CT molecular complexity index is 447. The van der Waals surface area contributed by atoms with Gasteiger partial charge in [0.15, 0.2) is 11.6 Å². The Morgan fingerprint density at radius 1 is 1.42 bits per heavy atom. The molecule has 0 bridgehead atoms. The molecule has 0 saturated carbocycles. The fraction of sp³-hybridized carbons (Fsp3) is 0.500. The average Bonchev–Trinajstić information content (AvgIpc) is 2.37. The fourth-order valence-corrected chi connectivity index (χ4v) is 1.73. The summed E-state index contributed by atoms with van der Waals surface area (Å²) in [5.41, 5.74) is 0.465. The van der Waals surface area contributed by atoms with Gasteiger partial charge >= 0.3 is 0 Å². The lowest BCUT2D eigenvalue weighted by molar-refractivity contribution is -0.120. The van der Waals surface area contributed by atoms with Gasteiger partial charge < -0.3 is 15.4 Å². The topological polar surface area (TPSA) is 50.4 Å². The predicted octanol–water partition coefficient (Wildman–Crippen LogP) is 1.45. The van der Waals surface area contributed by atoms with Gasteiger partial charge in [0.05, 0.1) is 13.7 Å². The molecule has 0 aliphatic carbocycles. The molecule has 4 nitrogen and oxygen atoms in total. The first kappa shape index (κ1) is 15.4. The van der Waals surface area contributed by atoms with E-state index in [1.165, 1.54) is 13.2 Å². The van der Waals surface area contributed by atoms with Crippen LogP contribution in [0.2, 0.25) is 0 Å². The second-order valence-electron chi connectivity index (χ2n) is 5.04. The highest BCUT2D eigenvalue weighted by atomic mass is 19.1. The van der Waals surface area contributed by atoms with Crippen LogP contribution in [-0.2, 0) is 10.2 Å². The molecule has 0 spiro atoms. The van der Waals surface area contributed by atoms with Crippen molar-refractivity contribution in [3.05, 3.63) is 29.6 Å². The normalized spacial score (nSPS) is 11.2. The van der Waals surface area contributed by atoms with Crippen LogP contribution in [0.1, 0.15) is 19.4 Å². The van der Waals surface area contributed by atoms with Crippen LogP contribution >= 0.6 is 0 Å². The summed E-state index contributed by atoms with van der Waals surface area (Å²) >= 11 is 0. The van der Waals surface area contributed by atoms with Crippen molar-refractivity contribution in [1.29, 1.82) is 0 Å². The minimum Gasteiger partial charge on any atom is -0.494 e. The van der Waals surface area contributed by atoms with E-state index in [9.17, 15) is 9.18 Å². The van der Waals surface area contributed by atoms with Crippen molar-refractivity contribution in [2.24, 2.45) is 0 Å². The van der Waals surface area contributed by atoms with Crippen molar-refractivity contribution in [1.82, 2.24) is 10.6 Å². The zero-order valence-electron chi connectivity index (χ0n) is 11.8. The molecule has 1 aromatic rings. The fourth-order valence-electron chi connectivity index (χ4n) is 1.73.